The van der Waals surface area contributed by atoms with Crippen molar-refractivity contribution >= 4 is 33.0 Å². The van der Waals surface area contributed by atoms with Crippen molar-refractivity contribution in [3.05, 3.63) is 74.8 Å². The normalized spacial score (nSPS) is 12.5. The molecule has 1 aromatic heterocycles. The second-order valence-electron chi connectivity index (χ2n) is 8.19. The van der Waals surface area contributed by atoms with Crippen molar-refractivity contribution < 1.29 is 9.47 Å². The molecule has 174 valence electrons. The quantitative estimate of drug-likeness (QED) is 0.258. The number of ether oxygens (including phenoxy) is 2. The highest BCUT2D eigenvalue weighted by Gasteiger charge is 2.16. The molecule has 0 N–H and O–H groups in total. The van der Waals surface area contributed by atoms with Gasteiger partial charge in [-0.25, -0.2) is 4.98 Å². The Balaban J connectivity index is 2.13. The molecule has 7 heteroatoms. The van der Waals surface area contributed by atoms with Crippen molar-refractivity contribution in [1.82, 2.24) is 9.66 Å². The molecule has 0 bridgehead atoms. The Kier molecular flexibility index (Phi) is 8.08. The van der Waals surface area contributed by atoms with E-state index < -0.39 is 0 Å². The molecule has 0 saturated heterocycles. The molecule has 3 rings (SSSR count). The summed E-state index contributed by atoms with van der Waals surface area (Å²) in [6.45, 7) is 11.9. The van der Waals surface area contributed by atoms with Gasteiger partial charge in [-0.05, 0) is 55.7 Å². The number of methoxy groups -OCH3 is 1. The summed E-state index contributed by atoms with van der Waals surface area (Å²) in [5.74, 6) is 1.94. The first-order valence-corrected chi connectivity index (χ1v) is 11.8. The molecule has 0 aliphatic heterocycles. The lowest BCUT2D eigenvalue weighted by Gasteiger charge is -2.19. The molecule has 0 amide bonds. The first kappa shape index (κ1) is 24.7. The van der Waals surface area contributed by atoms with Crippen LogP contribution in [0, 0.1) is 0 Å². The van der Waals surface area contributed by atoms with Crippen LogP contribution in [0.2, 0.25) is 0 Å². The zero-order valence-corrected chi connectivity index (χ0v) is 21.3. The minimum atomic E-state index is -0.212. The molecule has 1 heterocycles. The van der Waals surface area contributed by atoms with E-state index in [0.29, 0.717) is 34.6 Å². The van der Waals surface area contributed by atoms with Crippen LogP contribution in [0.15, 0.2) is 57.4 Å². The molecule has 2 aromatic carbocycles. The molecule has 6 nitrogen and oxygen atoms in total. The lowest BCUT2D eigenvalue weighted by atomic mass is 10.1. The first-order chi connectivity index (χ1) is 15.8. The van der Waals surface area contributed by atoms with E-state index in [2.05, 4.69) is 34.5 Å². The second kappa shape index (κ2) is 10.8. The van der Waals surface area contributed by atoms with Crippen LogP contribution in [0.4, 0.5) is 0 Å². The summed E-state index contributed by atoms with van der Waals surface area (Å²) < 4.78 is 13.9. The number of hydrogen-bond acceptors (Lipinski definition) is 5. The van der Waals surface area contributed by atoms with Gasteiger partial charge in [0.1, 0.15) is 5.82 Å². The monoisotopic (exact) mass is 511 g/mol. The highest BCUT2D eigenvalue weighted by atomic mass is 79.9. The second-order valence-corrected chi connectivity index (χ2v) is 9.10. The molecule has 33 heavy (non-hydrogen) atoms. The molecule has 0 saturated carbocycles. The lowest BCUT2D eigenvalue weighted by Crippen LogP contribution is -2.23. The molecule has 0 radical (unpaired) electrons. The molecular weight excluding hydrogens is 482 g/mol. The van der Waals surface area contributed by atoms with Gasteiger partial charge in [-0.1, -0.05) is 42.8 Å². The summed E-state index contributed by atoms with van der Waals surface area (Å²) in [6.07, 6.45) is 5.03. The fourth-order valence-corrected chi connectivity index (χ4v) is 3.77. The molecule has 1 atom stereocenters. The van der Waals surface area contributed by atoms with Gasteiger partial charge in [0.25, 0.3) is 5.56 Å². The minimum Gasteiger partial charge on any atom is -0.493 e. The van der Waals surface area contributed by atoms with Crippen LogP contribution in [-0.2, 0) is 6.42 Å². The number of halogens is 1. The van der Waals surface area contributed by atoms with Gasteiger partial charge in [0.05, 0.1) is 30.3 Å². The van der Waals surface area contributed by atoms with Crippen molar-refractivity contribution in [1.29, 1.82) is 0 Å². The Morgan fingerprint density at radius 3 is 2.64 bits per heavy atom. The van der Waals surface area contributed by atoms with Crippen LogP contribution in [0.1, 0.15) is 57.0 Å². The summed E-state index contributed by atoms with van der Waals surface area (Å²) in [7, 11) is 1.61. The third kappa shape index (κ3) is 5.53. The molecule has 3 aromatic rings. The first-order valence-electron chi connectivity index (χ1n) is 11.0. The highest BCUT2D eigenvalue weighted by molar-refractivity contribution is 9.10. The van der Waals surface area contributed by atoms with E-state index in [1.165, 1.54) is 4.68 Å². The number of nitrogens with zero attached hydrogens (tertiary/aromatic N) is 3. The fourth-order valence-electron chi connectivity index (χ4n) is 3.41. The van der Waals surface area contributed by atoms with Gasteiger partial charge in [-0.3, -0.25) is 4.79 Å². The van der Waals surface area contributed by atoms with Crippen LogP contribution in [0.25, 0.3) is 10.9 Å². The molecule has 0 aliphatic rings. The maximum absolute atomic E-state index is 13.3. The molecule has 0 spiro atoms. The zero-order valence-electron chi connectivity index (χ0n) is 19.8. The van der Waals surface area contributed by atoms with Crippen molar-refractivity contribution in [2.24, 2.45) is 5.10 Å². The van der Waals surface area contributed by atoms with Crippen molar-refractivity contribution in [2.75, 3.05) is 7.11 Å². The van der Waals surface area contributed by atoms with E-state index in [1.54, 1.807) is 19.4 Å². The van der Waals surface area contributed by atoms with Crippen LogP contribution in [0.5, 0.6) is 11.5 Å². The predicted molar refractivity (Wildman–Crippen MR) is 138 cm³/mol. The van der Waals surface area contributed by atoms with E-state index in [0.717, 1.165) is 22.0 Å². The van der Waals surface area contributed by atoms with Crippen LogP contribution >= 0.6 is 15.9 Å². The maximum atomic E-state index is 13.3. The van der Waals surface area contributed by atoms with E-state index in [1.807, 2.05) is 51.1 Å². The largest absolute Gasteiger partial charge is 0.493 e. The SMILES string of the molecule is C=CCc1cc(C=Nn2c(C(C)C)nc3ccc(Br)cc3c2=O)cc(OC)c1O[C@@H](C)CC. The van der Waals surface area contributed by atoms with Crippen LogP contribution < -0.4 is 15.0 Å². The Hall–Kier alpha value is -2.93. The van der Waals surface area contributed by atoms with Crippen molar-refractivity contribution in [3.8, 4) is 11.5 Å². The van der Waals surface area contributed by atoms with Crippen molar-refractivity contribution in [2.45, 2.75) is 52.6 Å². The zero-order chi connectivity index (χ0) is 24.1. The third-order valence-electron chi connectivity index (χ3n) is 5.30. The van der Waals surface area contributed by atoms with Crippen LogP contribution in [0.3, 0.4) is 0 Å². The molecule has 0 aliphatic carbocycles. The Labute approximate surface area is 203 Å². The Morgan fingerprint density at radius 1 is 1.24 bits per heavy atom. The van der Waals surface area contributed by atoms with Gasteiger partial charge in [0.2, 0.25) is 0 Å². The van der Waals surface area contributed by atoms with Gasteiger partial charge in [0, 0.05) is 16.0 Å². The third-order valence-corrected chi connectivity index (χ3v) is 5.80. The minimum absolute atomic E-state index is 0.0140. The number of benzene rings is 2. The van der Waals surface area contributed by atoms with E-state index in [4.69, 9.17) is 14.5 Å². The summed E-state index contributed by atoms with van der Waals surface area (Å²) in [6, 6.07) is 9.33. The number of aromatic nitrogens is 2. The average Bonchev–Trinajstić information content (AvgIpc) is 2.79. The smallest absolute Gasteiger partial charge is 0.282 e. The standard InChI is InChI=1S/C26H30BrN3O3/c1-7-9-19-12-18(13-23(32-6)24(19)33-17(5)8-2)15-28-30-25(16(3)4)29-22-11-10-20(27)14-21(22)26(30)31/h7,10-17H,1,8-9H2,2-6H3/t17-/m0/s1. The summed E-state index contributed by atoms with van der Waals surface area (Å²) >= 11 is 3.43. The number of hydrogen-bond donors (Lipinski definition) is 0. The van der Waals surface area contributed by atoms with Gasteiger partial charge < -0.3 is 9.47 Å². The summed E-state index contributed by atoms with van der Waals surface area (Å²) in [5.41, 5.74) is 2.18. The molecule has 0 unspecified atom stereocenters. The van der Waals surface area contributed by atoms with Gasteiger partial charge in [0.15, 0.2) is 11.5 Å². The van der Waals surface area contributed by atoms with E-state index in [9.17, 15) is 4.79 Å². The number of allylic oxidation sites excluding steroid dienone is 1. The number of rotatable bonds is 9. The van der Waals surface area contributed by atoms with Crippen molar-refractivity contribution in [3.63, 3.8) is 0 Å². The topological polar surface area (TPSA) is 65.7 Å². The average molecular weight is 512 g/mol. The number of fused-ring (bicyclic) bond motifs is 1. The van der Waals surface area contributed by atoms with Crippen LogP contribution in [-0.4, -0.2) is 29.1 Å². The summed E-state index contributed by atoms with van der Waals surface area (Å²) in [4.78, 5) is 18.0. The molecular formula is C26H30BrN3O3. The summed E-state index contributed by atoms with van der Waals surface area (Å²) in [5, 5.41) is 5.05. The van der Waals surface area contributed by atoms with E-state index in [-0.39, 0.29) is 17.6 Å². The maximum Gasteiger partial charge on any atom is 0.282 e. The van der Waals surface area contributed by atoms with Gasteiger partial charge in [-0.2, -0.15) is 9.78 Å². The lowest BCUT2D eigenvalue weighted by molar-refractivity contribution is 0.206. The van der Waals surface area contributed by atoms with Gasteiger partial charge >= 0.3 is 0 Å². The molecule has 0 fully saturated rings. The Bertz CT molecular complexity index is 1250. The van der Waals surface area contributed by atoms with Gasteiger partial charge in [-0.15, -0.1) is 6.58 Å². The fraction of sp³-hybridized carbons (Fsp3) is 0.346. The highest BCUT2D eigenvalue weighted by Crippen LogP contribution is 2.34. The predicted octanol–water partition coefficient (Wildman–Crippen LogP) is 6.08. The Morgan fingerprint density at radius 2 is 2.00 bits per heavy atom. The van der Waals surface area contributed by atoms with E-state index >= 15 is 0 Å².